The number of ketones is 1. The van der Waals surface area contributed by atoms with Gasteiger partial charge in [0.25, 0.3) is 0 Å². The summed E-state index contributed by atoms with van der Waals surface area (Å²) in [5.74, 6) is 0.558. The number of carbonyl (C=O) groups excluding carboxylic acids is 3. The van der Waals surface area contributed by atoms with Crippen molar-refractivity contribution in [3.8, 4) is 0 Å². The molecule has 1 saturated carbocycles. The quantitative estimate of drug-likeness (QED) is 0.550. The van der Waals surface area contributed by atoms with Gasteiger partial charge in [0.05, 0.1) is 11.8 Å². The second-order valence-corrected chi connectivity index (χ2v) is 6.22. The fraction of sp³-hybridized carbons (Fsp3) is 0.688. The lowest BCUT2D eigenvalue weighted by atomic mass is 9.85. The highest BCUT2D eigenvalue weighted by atomic mass is 16.2. The van der Waals surface area contributed by atoms with Crippen LogP contribution in [0.1, 0.15) is 39.0 Å². The standard InChI is InChI=1S/C16H21NO3/c1-2-4-12(18)5-3-8-17-15(19)13-10-6-7-11(9-10)14(13)16(17)20/h6-7,10-11,13-14H,2-5,8-9H2,1H3/t10-,11?,13+,14-/m0/s1. The molecule has 0 spiro atoms. The summed E-state index contributed by atoms with van der Waals surface area (Å²) in [7, 11) is 0. The molecule has 4 heteroatoms. The first-order valence-electron chi connectivity index (χ1n) is 7.68. The first kappa shape index (κ1) is 13.5. The molecule has 3 aliphatic rings. The van der Waals surface area contributed by atoms with Crippen LogP contribution in [0.4, 0.5) is 0 Å². The molecule has 4 nitrogen and oxygen atoms in total. The van der Waals surface area contributed by atoms with Gasteiger partial charge in [-0.3, -0.25) is 19.3 Å². The van der Waals surface area contributed by atoms with Crippen molar-refractivity contribution in [1.29, 1.82) is 0 Å². The Bertz CT molecular complexity index is 452. The predicted molar refractivity (Wildman–Crippen MR) is 73.6 cm³/mol. The van der Waals surface area contributed by atoms with Crippen LogP contribution in [0.3, 0.4) is 0 Å². The summed E-state index contributed by atoms with van der Waals surface area (Å²) in [6.07, 6.45) is 7.72. The maximum Gasteiger partial charge on any atom is 0.233 e. The molecule has 2 amide bonds. The van der Waals surface area contributed by atoms with Crippen LogP contribution in [0.25, 0.3) is 0 Å². The lowest BCUT2D eigenvalue weighted by molar-refractivity contribution is -0.141. The van der Waals surface area contributed by atoms with Crippen LogP contribution in [-0.2, 0) is 14.4 Å². The number of amides is 2. The topological polar surface area (TPSA) is 54.5 Å². The molecule has 2 bridgehead atoms. The van der Waals surface area contributed by atoms with Crippen LogP contribution in [-0.4, -0.2) is 29.0 Å². The van der Waals surface area contributed by atoms with Gasteiger partial charge in [-0.2, -0.15) is 0 Å². The maximum absolute atomic E-state index is 12.4. The summed E-state index contributed by atoms with van der Waals surface area (Å²) >= 11 is 0. The molecule has 1 heterocycles. The van der Waals surface area contributed by atoms with Crippen LogP contribution in [0, 0.1) is 23.7 Å². The van der Waals surface area contributed by atoms with E-state index in [2.05, 4.69) is 12.2 Å². The molecule has 2 fully saturated rings. The van der Waals surface area contributed by atoms with Gasteiger partial charge in [-0.05, 0) is 31.1 Å². The molecule has 1 unspecified atom stereocenters. The third-order valence-corrected chi connectivity index (χ3v) is 4.93. The van der Waals surface area contributed by atoms with E-state index in [0.717, 1.165) is 12.8 Å². The van der Waals surface area contributed by atoms with Crippen molar-refractivity contribution in [3.63, 3.8) is 0 Å². The molecule has 0 aromatic rings. The van der Waals surface area contributed by atoms with E-state index < -0.39 is 0 Å². The second kappa shape index (κ2) is 5.15. The molecule has 0 N–H and O–H groups in total. The SMILES string of the molecule is CCCC(=O)CCCN1C(=O)[C@@H]2[C@H]3C=CC(C3)[C@@H]2C1=O. The highest BCUT2D eigenvalue weighted by Gasteiger charge is 2.58. The van der Waals surface area contributed by atoms with E-state index in [-0.39, 0.29) is 41.3 Å². The number of imide groups is 1. The summed E-state index contributed by atoms with van der Waals surface area (Å²) in [5.41, 5.74) is 0. The summed E-state index contributed by atoms with van der Waals surface area (Å²) in [6.45, 7) is 2.40. The fourth-order valence-electron chi connectivity index (χ4n) is 4.02. The second-order valence-electron chi connectivity index (χ2n) is 6.22. The van der Waals surface area contributed by atoms with Crippen molar-refractivity contribution in [2.75, 3.05) is 6.54 Å². The highest BCUT2D eigenvalue weighted by Crippen LogP contribution is 2.52. The number of nitrogens with zero attached hydrogens (tertiary/aromatic N) is 1. The molecule has 108 valence electrons. The van der Waals surface area contributed by atoms with Crippen LogP contribution < -0.4 is 0 Å². The van der Waals surface area contributed by atoms with E-state index in [1.54, 1.807) is 0 Å². The van der Waals surface area contributed by atoms with Crippen LogP contribution in [0.15, 0.2) is 12.2 Å². The van der Waals surface area contributed by atoms with Gasteiger partial charge >= 0.3 is 0 Å². The average Bonchev–Trinajstić information content (AvgIpc) is 3.08. The van der Waals surface area contributed by atoms with Crippen molar-refractivity contribution >= 4 is 17.6 Å². The third-order valence-electron chi connectivity index (χ3n) is 4.93. The zero-order valence-electron chi connectivity index (χ0n) is 11.9. The minimum absolute atomic E-state index is 0.000194. The van der Waals surface area contributed by atoms with E-state index in [1.165, 1.54) is 4.90 Å². The van der Waals surface area contributed by atoms with Crippen LogP contribution >= 0.6 is 0 Å². The van der Waals surface area contributed by atoms with Crippen LogP contribution in [0.5, 0.6) is 0 Å². The van der Waals surface area contributed by atoms with Crippen molar-refractivity contribution in [3.05, 3.63) is 12.2 Å². The van der Waals surface area contributed by atoms with Crippen molar-refractivity contribution in [2.24, 2.45) is 23.7 Å². The zero-order chi connectivity index (χ0) is 14.3. The fourth-order valence-corrected chi connectivity index (χ4v) is 4.02. The average molecular weight is 275 g/mol. The van der Waals surface area contributed by atoms with Crippen molar-refractivity contribution in [2.45, 2.75) is 39.0 Å². The Morgan fingerprint density at radius 3 is 2.30 bits per heavy atom. The molecule has 0 radical (unpaired) electrons. The first-order valence-corrected chi connectivity index (χ1v) is 7.68. The molecule has 0 aromatic carbocycles. The van der Waals surface area contributed by atoms with Gasteiger partial charge in [-0.1, -0.05) is 19.1 Å². The number of hydrogen-bond acceptors (Lipinski definition) is 3. The van der Waals surface area contributed by atoms with Gasteiger partial charge in [0.2, 0.25) is 11.8 Å². The van der Waals surface area contributed by atoms with Gasteiger partial charge in [0.15, 0.2) is 0 Å². The predicted octanol–water partition coefficient (Wildman–Crippen LogP) is 1.94. The molecule has 20 heavy (non-hydrogen) atoms. The highest BCUT2D eigenvalue weighted by molar-refractivity contribution is 6.06. The Morgan fingerprint density at radius 1 is 1.15 bits per heavy atom. The van der Waals surface area contributed by atoms with E-state index >= 15 is 0 Å². The van der Waals surface area contributed by atoms with E-state index in [4.69, 9.17) is 0 Å². The lowest BCUT2D eigenvalue weighted by Gasteiger charge is -2.16. The Labute approximate surface area is 119 Å². The summed E-state index contributed by atoms with van der Waals surface area (Å²) in [6, 6.07) is 0. The Hall–Kier alpha value is -1.45. The zero-order valence-corrected chi connectivity index (χ0v) is 11.9. The monoisotopic (exact) mass is 275 g/mol. The number of rotatable bonds is 6. The van der Waals surface area contributed by atoms with Gasteiger partial charge in [0.1, 0.15) is 5.78 Å². The minimum atomic E-state index is -0.108. The minimum Gasteiger partial charge on any atom is -0.300 e. The summed E-state index contributed by atoms with van der Waals surface area (Å²) in [4.78, 5) is 37.7. The van der Waals surface area contributed by atoms with Gasteiger partial charge < -0.3 is 0 Å². The molecule has 4 atom stereocenters. The van der Waals surface area contributed by atoms with Crippen LogP contribution in [0.2, 0.25) is 0 Å². The van der Waals surface area contributed by atoms with Gasteiger partial charge in [-0.15, -0.1) is 0 Å². The van der Waals surface area contributed by atoms with Crippen molar-refractivity contribution < 1.29 is 14.4 Å². The number of hydrogen-bond donors (Lipinski definition) is 0. The number of allylic oxidation sites excluding steroid dienone is 2. The summed E-state index contributed by atoms with van der Waals surface area (Å²) in [5, 5.41) is 0. The molecule has 1 saturated heterocycles. The normalized spacial score (nSPS) is 34.1. The molecule has 0 aromatic heterocycles. The van der Waals surface area contributed by atoms with Gasteiger partial charge in [0, 0.05) is 19.4 Å². The van der Waals surface area contributed by atoms with E-state index in [1.807, 2.05) is 6.92 Å². The molecule has 3 rings (SSSR count). The Kier molecular flexibility index (Phi) is 3.48. The van der Waals surface area contributed by atoms with E-state index in [0.29, 0.717) is 25.8 Å². The smallest absolute Gasteiger partial charge is 0.233 e. The molecule has 2 aliphatic carbocycles. The lowest BCUT2D eigenvalue weighted by Crippen LogP contribution is -2.34. The molecule has 1 aliphatic heterocycles. The Balaban J connectivity index is 1.58. The first-order chi connectivity index (χ1) is 9.63. The number of likely N-dealkylation sites (tertiary alicyclic amines) is 1. The number of Topliss-reactive ketones (excluding diaryl/α,β-unsaturated/α-hetero) is 1. The van der Waals surface area contributed by atoms with Gasteiger partial charge in [-0.25, -0.2) is 0 Å². The third kappa shape index (κ3) is 2.02. The Morgan fingerprint density at radius 2 is 1.75 bits per heavy atom. The maximum atomic E-state index is 12.4. The van der Waals surface area contributed by atoms with Crippen molar-refractivity contribution in [1.82, 2.24) is 4.90 Å². The molecular formula is C16H21NO3. The largest absolute Gasteiger partial charge is 0.300 e. The number of carbonyl (C=O) groups is 3. The number of fused-ring (bicyclic) bond motifs is 5. The van der Waals surface area contributed by atoms with E-state index in [9.17, 15) is 14.4 Å². The molecular weight excluding hydrogens is 254 g/mol. The summed E-state index contributed by atoms with van der Waals surface area (Å²) < 4.78 is 0.